The van der Waals surface area contributed by atoms with Gasteiger partial charge in [-0.15, -0.1) is 0 Å². The molecule has 0 unspecified atom stereocenters. The number of hydrogen-bond acceptors (Lipinski definition) is 0. The summed E-state index contributed by atoms with van der Waals surface area (Å²) in [4.78, 5) is 0. The molecule has 1 aliphatic carbocycles. The molecule has 0 saturated carbocycles. The van der Waals surface area contributed by atoms with Crippen molar-refractivity contribution in [2.45, 2.75) is 5.41 Å². The average molecular weight is 816 g/mol. The number of hydrogen-bond donors (Lipinski definition) is 0. The largest absolute Gasteiger partial charge is 0.309 e. The quantitative estimate of drug-likeness (QED) is 0.116. The third kappa shape index (κ3) is 4.98. The van der Waals surface area contributed by atoms with Crippen LogP contribution in [0.4, 0.5) is 0 Å². The van der Waals surface area contributed by atoms with E-state index < -0.39 is 13.5 Å². The Morgan fingerprint density at radius 2 is 0.762 bits per heavy atom. The lowest BCUT2D eigenvalue weighted by molar-refractivity contribution is 0.749. The van der Waals surface area contributed by atoms with E-state index in [0.29, 0.717) is 0 Å². The maximum absolute atomic E-state index is 3.12. The Morgan fingerprint density at radius 3 is 1.40 bits per heavy atom. The SMILES string of the molecule is c1ccc(-c2cccc([Si](c3ccccc3)(c3cccc(-c4ccccc4)c3)c3ccc4c(c3)-n3c5ccccc5c5cccc(c53)C43c4ccccc4-c4ccccc43)c2)cc1. The van der Waals surface area contributed by atoms with Crippen molar-refractivity contribution in [3.8, 4) is 39.1 Å². The lowest BCUT2D eigenvalue weighted by Crippen LogP contribution is -2.74. The molecule has 1 aromatic heterocycles. The molecule has 0 atom stereocenters. The molecule has 63 heavy (non-hydrogen) atoms. The number of rotatable bonds is 6. The van der Waals surface area contributed by atoms with Crippen LogP contribution in [0.2, 0.25) is 0 Å². The lowest BCUT2D eigenvalue weighted by Gasteiger charge is -2.41. The monoisotopic (exact) mass is 815 g/mol. The summed E-state index contributed by atoms with van der Waals surface area (Å²) in [5.41, 5.74) is 16.1. The molecule has 0 fully saturated rings. The van der Waals surface area contributed by atoms with Crippen molar-refractivity contribution in [2.24, 2.45) is 0 Å². The Bertz CT molecular complexity index is 3440. The van der Waals surface area contributed by atoms with Crippen LogP contribution in [0.15, 0.2) is 249 Å². The van der Waals surface area contributed by atoms with Crippen molar-refractivity contribution >= 4 is 50.6 Å². The van der Waals surface area contributed by atoms with Crippen molar-refractivity contribution in [1.82, 2.24) is 4.57 Å². The Balaban J connectivity index is 1.19. The molecule has 0 radical (unpaired) electrons. The van der Waals surface area contributed by atoms with Crippen molar-refractivity contribution in [1.29, 1.82) is 0 Å². The molecule has 2 heteroatoms. The molecule has 0 saturated heterocycles. The topological polar surface area (TPSA) is 4.93 Å². The normalized spacial score (nSPS) is 13.2. The molecule has 0 N–H and O–H groups in total. The van der Waals surface area contributed by atoms with Crippen LogP contribution in [0.25, 0.3) is 60.9 Å². The van der Waals surface area contributed by atoms with Crippen LogP contribution in [-0.2, 0) is 5.41 Å². The van der Waals surface area contributed by atoms with Gasteiger partial charge in [0.05, 0.1) is 22.1 Å². The molecule has 11 aromatic rings. The average Bonchev–Trinajstić information content (AvgIpc) is 3.86. The summed E-state index contributed by atoms with van der Waals surface area (Å²) in [5, 5.41) is 7.97. The van der Waals surface area contributed by atoms with E-state index in [-0.39, 0.29) is 0 Å². The third-order valence-electron chi connectivity index (χ3n) is 14.1. The van der Waals surface area contributed by atoms with E-state index in [9.17, 15) is 0 Å². The van der Waals surface area contributed by atoms with Gasteiger partial charge in [-0.2, -0.15) is 0 Å². The molecule has 0 amide bonds. The Labute approximate surface area is 368 Å². The molecule has 1 nitrogen and oxygen atoms in total. The highest BCUT2D eigenvalue weighted by Gasteiger charge is 2.52. The highest BCUT2D eigenvalue weighted by atomic mass is 28.3. The summed E-state index contributed by atoms with van der Waals surface area (Å²) in [7, 11) is -3.12. The fraction of sp³-hybridized carbons (Fsp3) is 0.0164. The maximum Gasteiger partial charge on any atom is 0.179 e. The van der Waals surface area contributed by atoms with Gasteiger partial charge in [0, 0.05) is 10.8 Å². The minimum atomic E-state index is -3.12. The van der Waals surface area contributed by atoms with E-state index in [2.05, 4.69) is 253 Å². The summed E-state index contributed by atoms with van der Waals surface area (Å²) >= 11 is 0. The molecule has 294 valence electrons. The van der Waals surface area contributed by atoms with E-state index in [4.69, 9.17) is 0 Å². The van der Waals surface area contributed by atoms with Crippen LogP contribution in [-0.4, -0.2) is 12.6 Å². The Morgan fingerprint density at radius 1 is 0.302 bits per heavy atom. The van der Waals surface area contributed by atoms with Crippen LogP contribution in [0.1, 0.15) is 22.3 Å². The number of para-hydroxylation sites is 2. The fourth-order valence-electron chi connectivity index (χ4n) is 11.6. The van der Waals surface area contributed by atoms with Gasteiger partial charge in [-0.3, -0.25) is 0 Å². The predicted molar refractivity (Wildman–Crippen MR) is 266 cm³/mol. The second-order valence-electron chi connectivity index (χ2n) is 17.1. The van der Waals surface area contributed by atoms with E-state index in [0.717, 1.165) is 0 Å². The first kappa shape index (κ1) is 35.9. The number of benzene rings is 10. The molecule has 1 aliphatic heterocycles. The van der Waals surface area contributed by atoms with Gasteiger partial charge in [0.1, 0.15) is 0 Å². The molecular weight excluding hydrogens is 775 g/mol. The number of aromatic nitrogens is 1. The van der Waals surface area contributed by atoms with E-state index >= 15 is 0 Å². The van der Waals surface area contributed by atoms with E-state index in [1.807, 2.05) is 0 Å². The van der Waals surface area contributed by atoms with Crippen molar-refractivity contribution < 1.29 is 0 Å². The highest BCUT2D eigenvalue weighted by molar-refractivity contribution is 7.20. The maximum atomic E-state index is 2.62. The summed E-state index contributed by atoms with van der Waals surface area (Å²) in [6.07, 6.45) is 0. The summed E-state index contributed by atoms with van der Waals surface area (Å²) < 4.78 is 2.61. The number of fused-ring (bicyclic) bond motifs is 12. The zero-order chi connectivity index (χ0) is 41.5. The fourth-order valence-corrected chi connectivity index (χ4v) is 16.4. The smallest absolute Gasteiger partial charge is 0.179 e. The second-order valence-corrected chi connectivity index (χ2v) is 20.9. The standard InChI is InChI=1S/C61H41NSi/c1-4-19-42(20-5-1)44-23-16-27-47(39-44)63(46-25-8-3-9-26-46,48-28-17-24-45(40-48)43-21-6-2-7-22-43)49-37-38-56-59(41-49)62-58-36-15-12-31-52(58)53-32-18-35-57(60(53)62)61(56)54-33-13-10-29-50(54)51-30-11-14-34-55(51)61/h1-41H. The lowest BCUT2D eigenvalue weighted by atomic mass is 9.65. The van der Waals surface area contributed by atoms with Gasteiger partial charge in [0.15, 0.2) is 8.07 Å². The molecule has 10 aromatic carbocycles. The van der Waals surface area contributed by atoms with Gasteiger partial charge >= 0.3 is 0 Å². The molecule has 0 bridgehead atoms. The zero-order valence-corrected chi connectivity index (χ0v) is 35.6. The van der Waals surface area contributed by atoms with Gasteiger partial charge in [-0.05, 0) is 88.5 Å². The van der Waals surface area contributed by atoms with Gasteiger partial charge < -0.3 is 4.57 Å². The Hall–Kier alpha value is -7.78. The van der Waals surface area contributed by atoms with Crippen LogP contribution < -0.4 is 20.7 Å². The van der Waals surface area contributed by atoms with Gasteiger partial charge in [0.25, 0.3) is 0 Å². The van der Waals surface area contributed by atoms with Crippen molar-refractivity contribution in [3.63, 3.8) is 0 Å². The number of nitrogens with zero attached hydrogens (tertiary/aromatic N) is 1. The van der Waals surface area contributed by atoms with E-state index in [1.165, 1.54) is 104 Å². The van der Waals surface area contributed by atoms with Gasteiger partial charge in [0.2, 0.25) is 0 Å². The van der Waals surface area contributed by atoms with Crippen LogP contribution in [0, 0.1) is 0 Å². The predicted octanol–water partition coefficient (Wildman–Crippen LogP) is 12.2. The molecule has 13 rings (SSSR count). The minimum absolute atomic E-state index is 0.512. The van der Waals surface area contributed by atoms with Crippen LogP contribution >= 0.6 is 0 Å². The van der Waals surface area contributed by atoms with Crippen LogP contribution in [0.3, 0.4) is 0 Å². The van der Waals surface area contributed by atoms with Crippen molar-refractivity contribution in [2.75, 3.05) is 0 Å². The highest BCUT2D eigenvalue weighted by Crippen LogP contribution is 2.60. The van der Waals surface area contributed by atoms with Crippen molar-refractivity contribution in [3.05, 3.63) is 271 Å². The second kappa shape index (κ2) is 13.9. The third-order valence-corrected chi connectivity index (χ3v) is 18.9. The first-order valence-electron chi connectivity index (χ1n) is 22.0. The molecule has 2 aliphatic rings. The molecule has 1 spiro atoms. The minimum Gasteiger partial charge on any atom is -0.309 e. The summed E-state index contributed by atoms with van der Waals surface area (Å²) in [6.45, 7) is 0. The van der Waals surface area contributed by atoms with Gasteiger partial charge in [-0.1, -0.05) is 237 Å². The van der Waals surface area contributed by atoms with Gasteiger partial charge in [-0.25, -0.2) is 0 Å². The first-order valence-corrected chi connectivity index (χ1v) is 24.0. The zero-order valence-electron chi connectivity index (χ0n) is 34.6. The van der Waals surface area contributed by atoms with E-state index in [1.54, 1.807) is 0 Å². The summed E-state index contributed by atoms with van der Waals surface area (Å²) in [5.74, 6) is 0. The van der Waals surface area contributed by atoms with Crippen LogP contribution in [0.5, 0.6) is 0 Å². The first-order chi connectivity index (χ1) is 31.3. The Kier molecular flexibility index (Phi) is 7.91. The summed E-state index contributed by atoms with van der Waals surface area (Å²) in [6, 6.07) is 94.0. The molecular formula is C61H41NSi. The molecule has 2 heterocycles.